The first-order valence-corrected chi connectivity index (χ1v) is 6.00. The first-order valence-electron chi connectivity index (χ1n) is 6.00. The molecule has 2 aromatic heterocycles. The van der Waals surface area contributed by atoms with Crippen molar-refractivity contribution >= 4 is 5.78 Å². The second-order valence-corrected chi connectivity index (χ2v) is 4.24. The molecule has 104 valence electrons. The van der Waals surface area contributed by atoms with E-state index in [0.29, 0.717) is 11.4 Å². The molecule has 6 heteroatoms. The van der Waals surface area contributed by atoms with Crippen molar-refractivity contribution in [3.8, 4) is 11.8 Å². The highest BCUT2D eigenvalue weighted by Gasteiger charge is 2.19. The standard InChI is InChI=1S/C14H15N3O3/c1-8-5-10(6-9(2)16-8)13(18)12-14(20-4)17-11(19-3)7-15-12/h5-7H,1-4H3. The van der Waals surface area contributed by atoms with Crippen LogP contribution in [-0.2, 0) is 0 Å². The summed E-state index contributed by atoms with van der Waals surface area (Å²) >= 11 is 0. The van der Waals surface area contributed by atoms with Gasteiger partial charge in [-0.05, 0) is 26.0 Å². The average molecular weight is 273 g/mol. The lowest BCUT2D eigenvalue weighted by molar-refractivity contribution is 0.102. The number of aryl methyl sites for hydroxylation is 2. The molecular weight excluding hydrogens is 258 g/mol. The highest BCUT2D eigenvalue weighted by molar-refractivity contribution is 6.09. The normalized spacial score (nSPS) is 10.2. The molecule has 0 aromatic carbocycles. The van der Waals surface area contributed by atoms with E-state index in [0.717, 1.165) is 11.4 Å². The highest BCUT2D eigenvalue weighted by atomic mass is 16.5. The van der Waals surface area contributed by atoms with E-state index in [1.54, 1.807) is 12.1 Å². The zero-order valence-corrected chi connectivity index (χ0v) is 11.8. The zero-order valence-electron chi connectivity index (χ0n) is 11.8. The van der Waals surface area contributed by atoms with E-state index in [9.17, 15) is 4.79 Å². The van der Waals surface area contributed by atoms with Gasteiger partial charge in [-0.25, -0.2) is 4.98 Å². The predicted molar refractivity (Wildman–Crippen MR) is 72.3 cm³/mol. The van der Waals surface area contributed by atoms with Gasteiger partial charge in [-0.1, -0.05) is 0 Å². The summed E-state index contributed by atoms with van der Waals surface area (Å²) in [5.41, 5.74) is 2.20. The lowest BCUT2D eigenvalue weighted by Gasteiger charge is -2.08. The van der Waals surface area contributed by atoms with Gasteiger partial charge in [-0.2, -0.15) is 4.98 Å². The minimum Gasteiger partial charge on any atom is -0.480 e. The van der Waals surface area contributed by atoms with Crippen LogP contribution in [0.4, 0.5) is 0 Å². The minimum absolute atomic E-state index is 0.140. The number of carbonyl (C=O) groups excluding carboxylic acids is 1. The van der Waals surface area contributed by atoms with Crippen LogP contribution in [0.5, 0.6) is 11.8 Å². The first kappa shape index (κ1) is 13.9. The van der Waals surface area contributed by atoms with Crippen molar-refractivity contribution in [3.63, 3.8) is 0 Å². The van der Waals surface area contributed by atoms with Crippen LogP contribution in [0.2, 0.25) is 0 Å². The van der Waals surface area contributed by atoms with Crippen molar-refractivity contribution in [2.45, 2.75) is 13.8 Å². The SMILES string of the molecule is COc1cnc(C(=O)c2cc(C)nc(C)c2)c(OC)n1. The number of carbonyl (C=O) groups is 1. The Bertz CT molecular complexity index is 636. The summed E-state index contributed by atoms with van der Waals surface area (Å²) in [5, 5.41) is 0. The van der Waals surface area contributed by atoms with Crippen LogP contribution in [0.25, 0.3) is 0 Å². The molecule has 2 rings (SSSR count). The van der Waals surface area contributed by atoms with Gasteiger partial charge < -0.3 is 9.47 Å². The Balaban J connectivity index is 2.47. The fourth-order valence-electron chi connectivity index (χ4n) is 1.86. The van der Waals surface area contributed by atoms with E-state index in [-0.39, 0.29) is 17.4 Å². The molecule has 0 bridgehead atoms. The molecule has 2 heterocycles. The third-order valence-corrected chi connectivity index (χ3v) is 2.68. The molecule has 0 fully saturated rings. The smallest absolute Gasteiger partial charge is 0.247 e. The molecular formula is C14H15N3O3. The molecule has 6 nitrogen and oxygen atoms in total. The molecule has 0 aliphatic carbocycles. The minimum atomic E-state index is -0.259. The molecule has 0 amide bonds. The van der Waals surface area contributed by atoms with Crippen molar-refractivity contribution in [3.05, 3.63) is 41.0 Å². The zero-order chi connectivity index (χ0) is 14.7. The first-order chi connectivity index (χ1) is 9.55. The van der Waals surface area contributed by atoms with Crippen LogP contribution in [0.1, 0.15) is 27.4 Å². The van der Waals surface area contributed by atoms with Crippen LogP contribution in [0, 0.1) is 13.8 Å². The lowest BCUT2D eigenvalue weighted by atomic mass is 10.1. The van der Waals surface area contributed by atoms with Gasteiger partial charge in [0.1, 0.15) is 0 Å². The van der Waals surface area contributed by atoms with Gasteiger partial charge in [0, 0.05) is 17.0 Å². The molecule has 0 aliphatic rings. The Morgan fingerprint density at radius 1 is 1.05 bits per heavy atom. The Kier molecular flexibility index (Phi) is 3.93. The second-order valence-electron chi connectivity index (χ2n) is 4.24. The van der Waals surface area contributed by atoms with E-state index in [1.807, 2.05) is 13.8 Å². The van der Waals surface area contributed by atoms with Gasteiger partial charge in [0.15, 0.2) is 5.69 Å². The quantitative estimate of drug-likeness (QED) is 0.790. The number of rotatable bonds is 4. The van der Waals surface area contributed by atoms with Gasteiger partial charge in [0.2, 0.25) is 17.5 Å². The third-order valence-electron chi connectivity index (χ3n) is 2.68. The maximum atomic E-state index is 12.5. The summed E-state index contributed by atoms with van der Waals surface area (Å²) in [6.45, 7) is 3.67. The number of ether oxygens (including phenoxy) is 2. The molecule has 20 heavy (non-hydrogen) atoms. The molecule has 0 radical (unpaired) electrons. The number of aromatic nitrogens is 3. The van der Waals surface area contributed by atoms with Crippen molar-refractivity contribution in [1.82, 2.24) is 15.0 Å². The monoisotopic (exact) mass is 273 g/mol. The number of hydrogen-bond acceptors (Lipinski definition) is 6. The van der Waals surface area contributed by atoms with Crippen molar-refractivity contribution in [2.75, 3.05) is 14.2 Å². The van der Waals surface area contributed by atoms with Crippen molar-refractivity contribution in [2.24, 2.45) is 0 Å². The maximum Gasteiger partial charge on any atom is 0.247 e. The number of nitrogens with zero attached hydrogens (tertiary/aromatic N) is 3. The number of methoxy groups -OCH3 is 2. The van der Waals surface area contributed by atoms with Crippen LogP contribution in [-0.4, -0.2) is 35.0 Å². The summed E-state index contributed by atoms with van der Waals surface area (Å²) in [6.07, 6.45) is 1.39. The van der Waals surface area contributed by atoms with Crippen LogP contribution in [0.3, 0.4) is 0 Å². The predicted octanol–water partition coefficient (Wildman–Crippen LogP) is 1.74. The third kappa shape index (κ3) is 2.74. The van der Waals surface area contributed by atoms with Crippen LogP contribution in [0.15, 0.2) is 18.3 Å². The largest absolute Gasteiger partial charge is 0.480 e. The lowest BCUT2D eigenvalue weighted by Crippen LogP contribution is -2.09. The van der Waals surface area contributed by atoms with Crippen molar-refractivity contribution < 1.29 is 14.3 Å². The molecule has 2 aromatic rings. The highest BCUT2D eigenvalue weighted by Crippen LogP contribution is 2.20. The maximum absolute atomic E-state index is 12.5. The van der Waals surface area contributed by atoms with E-state index >= 15 is 0 Å². The van der Waals surface area contributed by atoms with E-state index in [1.165, 1.54) is 20.4 Å². The van der Waals surface area contributed by atoms with E-state index in [2.05, 4.69) is 15.0 Å². The van der Waals surface area contributed by atoms with Gasteiger partial charge in [0.25, 0.3) is 0 Å². The molecule has 0 atom stereocenters. The number of hydrogen-bond donors (Lipinski definition) is 0. The number of ketones is 1. The topological polar surface area (TPSA) is 74.2 Å². The van der Waals surface area contributed by atoms with Crippen LogP contribution >= 0.6 is 0 Å². The summed E-state index contributed by atoms with van der Waals surface area (Å²) in [5.74, 6) is 0.174. The Morgan fingerprint density at radius 3 is 2.25 bits per heavy atom. The second kappa shape index (κ2) is 5.64. The molecule has 0 saturated heterocycles. The van der Waals surface area contributed by atoms with Gasteiger partial charge in [-0.15, -0.1) is 0 Å². The average Bonchev–Trinajstić information content (AvgIpc) is 2.44. The molecule has 0 aliphatic heterocycles. The molecule has 0 N–H and O–H groups in total. The number of pyridine rings is 1. The Labute approximate surface area is 116 Å². The Hall–Kier alpha value is -2.50. The summed E-state index contributed by atoms with van der Waals surface area (Å²) in [7, 11) is 2.91. The fourth-order valence-corrected chi connectivity index (χ4v) is 1.86. The molecule has 0 saturated carbocycles. The summed E-state index contributed by atoms with van der Waals surface area (Å²) in [6, 6.07) is 3.42. The van der Waals surface area contributed by atoms with Gasteiger partial charge in [0.05, 0.1) is 20.4 Å². The fraction of sp³-hybridized carbons (Fsp3) is 0.286. The summed E-state index contributed by atoms with van der Waals surface area (Å²) in [4.78, 5) is 24.9. The van der Waals surface area contributed by atoms with Crippen LogP contribution < -0.4 is 9.47 Å². The van der Waals surface area contributed by atoms with E-state index < -0.39 is 0 Å². The molecule has 0 unspecified atom stereocenters. The Morgan fingerprint density at radius 2 is 1.70 bits per heavy atom. The van der Waals surface area contributed by atoms with Crippen molar-refractivity contribution in [1.29, 1.82) is 0 Å². The summed E-state index contributed by atoms with van der Waals surface area (Å²) < 4.78 is 10.1. The van der Waals surface area contributed by atoms with Gasteiger partial charge >= 0.3 is 0 Å². The van der Waals surface area contributed by atoms with Gasteiger partial charge in [-0.3, -0.25) is 9.78 Å². The van der Waals surface area contributed by atoms with E-state index in [4.69, 9.17) is 9.47 Å². The molecule has 0 spiro atoms.